The zero-order valence-corrected chi connectivity index (χ0v) is 17.9. The third-order valence-electron chi connectivity index (χ3n) is 4.12. The topological polar surface area (TPSA) is 75.7 Å². The van der Waals surface area contributed by atoms with E-state index in [9.17, 15) is 14.4 Å². The van der Waals surface area contributed by atoms with Gasteiger partial charge in [0.15, 0.2) is 0 Å². The number of carbonyl (C=O) groups is 3. The second kappa shape index (κ2) is 6.42. The SMILES string of the molecule is COC(=O)c1c(NC(=O)[C@]2(C)CC2(Br)Br)sc(C(=O)N(C)C)c1C. The van der Waals surface area contributed by atoms with Crippen LogP contribution >= 0.6 is 43.2 Å². The minimum absolute atomic E-state index is 0.222. The molecule has 2 amide bonds. The first-order valence-corrected chi connectivity index (χ1v) is 9.49. The summed E-state index contributed by atoms with van der Waals surface area (Å²) >= 11 is 7.99. The number of nitrogens with one attached hydrogen (secondary N) is 1. The van der Waals surface area contributed by atoms with Crippen molar-refractivity contribution in [2.75, 3.05) is 26.5 Å². The molecule has 1 aliphatic rings. The standard InChI is InChI=1S/C15H18Br2N2O4S/c1-7-8(12(21)23-5)10(24-9(7)11(20)19(3)4)18-13(22)14(2)6-15(14,16)17/h6H2,1-5H3,(H,18,22)/t14-/m0/s1. The molecule has 2 rings (SSSR count). The van der Waals surface area contributed by atoms with Crippen molar-refractivity contribution in [1.29, 1.82) is 0 Å². The lowest BCUT2D eigenvalue weighted by molar-refractivity contribution is -0.120. The molecular formula is C15H18Br2N2O4S. The number of hydrogen-bond acceptors (Lipinski definition) is 5. The van der Waals surface area contributed by atoms with Crippen LogP contribution in [-0.4, -0.2) is 47.1 Å². The van der Waals surface area contributed by atoms with Gasteiger partial charge in [0.05, 0.1) is 26.2 Å². The fraction of sp³-hybridized carbons (Fsp3) is 0.533. The van der Waals surface area contributed by atoms with Gasteiger partial charge in [-0.15, -0.1) is 11.3 Å². The molecule has 24 heavy (non-hydrogen) atoms. The van der Waals surface area contributed by atoms with Gasteiger partial charge in [0.2, 0.25) is 5.91 Å². The minimum Gasteiger partial charge on any atom is -0.465 e. The van der Waals surface area contributed by atoms with E-state index in [0.717, 1.165) is 11.3 Å². The monoisotopic (exact) mass is 480 g/mol. The molecule has 1 fully saturated rings. The van der Waals surface area contributed by atoms with E-state index in [0.29, 0.717) is 21.9 Å². The third kappa shape index (κ3) is 3.13. The summed E-state index contributed by atoms with van der Waals surface area (Å²) in [4.78, 5) is 38.8. The highest BCUT2D eigenvalue weighted by molar-refractivity contribution is 9.25. The van der Waals surface area contributed by atoms with Crippen LogP contribution in [-0.2, 0) is 9.53 Å². The summed E-state index contributed by atoms with van der Waals surface area (Å²) in [5.74, 6) is -1.04. The normalized spacial score (nSPS) is 21.1. The van der Waals surface area contributed by atoms with Crippen LogP contribution < -0.4 is 5.32 Å². The van der Waals surface area contributed by atoms with Gasteiger partial charge in [-0.1, -0.05) is 31.9 Å². The average Bonchev–Trinajstić information content (AvgIpc) is 2.85. The van der Waals surface area contributed by atoms with Gasteiger partial charge in [-0.2, -0.15) is 0 Å². The first-order chi connectivity index (χ1) is 11.0. The number of ether oxygens (including phenoxy) is 1. The van der Waals surface area contributed by atoms with Gasteiger partial charge >= 0.3 is 5.97 Å². The third-order valence-corrected chi connectivity index (χ3v) is 7.63. The second-order valence-corrected chi connectivity index (χ2v) is 10.9. The second-order valence-electron chi connectivity index (χ2n) is 6.12. The lowest BCUT2D eigenvalue weighted by atomic mass is 10.1. The summed E-state index contributed by atoms with van der Waals surface area (Å²) in [6.45, 7) is 3.49. The lowest BCUT2D eigenvalue weighted by Crippen LogP contribution is -2.26. The zero-order valence-electron chi connectivity index (χ0n) is 14.0. The van der Waals surface area contributed by atoms with E-state index in [1.54, 1.807) is 21.0 Å². The molecule has 1 atom stereocenters. The molecule has 1 aliphatic carbocycles. The molecule has 0 saturated heterocycles. The summed E-state index contributed by atoms with van der Waals surface area (Å²) in [6, 6.07) is 0. The van der Waals surface area contributed by atoms with E-state index in [-0.39, 0.29) is 17.4 Å². The first kappa shape index (κ1) is 19.4. The van der Waals surface area contributed by atoms with Crippen LogP contribution in [0.3, 0.4) is 0 Å². The van der Waals surface area contributed by atoms with Gasteiger partial charge in [-0.05, 0) is 25.8 Å². The van der Waals surface area contributed by atoms with Crippen LogP contribution in [0.2, 0.25) is 0 Å². The number of nitrogens with zero attached hydrogens (tertiary/aromatic N) is 1. The van der Waals surface area contributed by atoms with Crippen LogP contribution in [0.1, 0.15) is 38.9 Å². The van der Waals surface area contributed by atoms with E-state index in [4.69, 9.17) is 4.74 Å². The largest absolute Gasteiger partial charge is 0.465 e. The van der Waals surface area contributed by atoms with Crippen molar-refractivity contribution in [3.8, 4) is 0 Å². The molecule has 6 nitrogen and oxygen atoms in total. The minimum atomic E-state index is -0.635. The van der Waals surface area contributed by atoms with Crippen molar-refractivity contribution >= 4 is 66.0 Å². The maximum atomic E-state index is 12.6. The molecule has 0 radical (unpaired) electrons. The molecule has 0 unspecified atom stereocenters. The summed E-state index contributed by atoms with van der Waals surface area (Å²) in [5.41, 5.74) is 0.0927. The number of esters is 1. The number of hydrogen-bond donors (Lipinski definition) is 1. The van der Waals surface area contributed by atoms with Crippen molar-refractivity contribution in [2.24, 2.45) is 5.41 Å². The Hall–Kier alpha value is -0.930. The van der Waals surface area contributed by atoms with Gasteiger partial charge in [-0.3, -0.25) is 9.59 Å². The van der Waals surface area contributed by atoms with Crippen molar-refractivity contribution in [3.05, 3.63) is 16.0 Å². The molecular weight excluding hydrogens is 464 g/mol. The number of methoxy groups -OCH3 is 1. The Morgan fingerprint density at radius 3 is 2.25 bits per heavy atom. The summed E-state index contributed by atoms with van der Waals surface area (Å²) in [7, 11) is 4.53. The molecule has 0 aliphatic heterocycles. The predicted octanol–water partition coefficient (Wildman–Crippen LogP) is 3.38. The quantitative estimate of drug-likeness (QED) is 0.528. The number of carbonyl (C=O) groups excluding carboxylic acids is 3. The summed E-state index contributed by atoms with van der Waals surface area (Å²) in [5, 5.41) is 3.12. The molecule has 1 N–H and O–H groups in total. The number of thiophene rings is 1. The number of halogens is 2. The average molecular weight is 482 g/mol. The zero-order chi connectivity index (χ0) is 18.4. The Morgan fingerprint density at radius 2 is 1.83 bits per heavy atom. The van der Waals surface area contributed by atoms with E-state index in [1.807, 2.05) is 6.92 Å². The molecule has 0 spiro atoms. The van der Waals surface area contributed by atoms with E-state index < -0.39 is 14.6 Å². The van der Waals surface area contributed by atoms with Crippen LogP contribution in [0.5, 0.6) is 0 Å². The van der Waals surface area contributed by atoms with Crippen LogP contribution in [0.25, 0.3) is 0 Å². The predicted molar refractivity (Wildman–Crippen MR) is 100 cm³/mol. The van der Waals surface area contributed by atoms with Crippen molar-refractivity contribution in [2.45, 2.75) is 23.5 Å². The summed E-state index contributed by atoms with van der Waals surface area (Å²) < 4.78 is 4.36. The molecule has 132 valence electrons. The maximum absolute atomic E-state index is 12.6. The van der Waals surface area contributed by atoms with Crippen LogP contribution in [0.4, 0.5) is 5.00 Å². The van der Waals surface area contributed by atoms with Gasteiger partial charge < -0.3 is 15.0 Å². The van der Waals surface area contributed by atoms with Gasteiger partial charge in [0.25, 0.3) is 5.91 Å². The van der Waals surface area contributed by atoms with Crippen molar-refractivity contribution in [3.63, 3.8) is 0 Å². The number of alkyl halides is 2. The van der Waals surface area contributed by atoms with Crippen molar-refractivity contribution in [1.82, 2.24) is 4.90 Å². The molecule has 0 bridgehead atoms. The number of amides is 2. The molecule has 1 heterocycles. The first-order valence-electron chi connectivity index (χ1n) is 7.09. The maximum Gasteiger partial charge on any atom is 0.341 e. The Kier molecular flexibility index (Phi) is 5.19. The Labute approximate surface area is 161 Å². The Balaban J connectivity index is 2.42. The smallest absolute Gasteiger partial charge is 0.341 e. The van der Waals surface area contributed by atoms with E-state index >= 15 is 0 Å². The highest BCUT2D eigenvalue weighted by Gasteiger charge is 2.66. The van der Waals surface area contributed by atoms with Gasteiger partial charge in [0.1, 0.15) is 5.00 Å². The van der Waals surface area contributed by atoms with Crippen LogP contribution in [0.15, 0.2) is 0 Å². The molecule has 9 heteroatoms. The molecule has 0 aromatic carbocycles. The fourth-order valence-corrected chi connectivity index (χ4v) is 4.94. The fourth-order valence-electron chi connectivity index (χ4n) is 2.24. The Bertz CT molecular complexity index is 729. The lowest BCUT2D eigenvalue weighted by Gasteiger charge is -2.13. The molecule has 1 aromatic heterocycles. The van der Waals surface area contributed by atoms with Gasteiger partial charge in [-0.25, -0.2) is 4.79 Å². The number of anilines is 1. The van der Waals surface area contributed by atoms with E-state index in [1.165, 1.54) is 12.0 Å². The molecule has 1 aromatic rings. The summed E-state index contributed by atoms with van der Waals surface area (Å²) in [6.07, 6.45) is 0.618. The molecule has 1 saturated carbocycles. The van der Waals surface area contributed by atoms with Gasteiger partial charge in [0, 0.05) is 14.1 Å². The van der Waals surface area contributed by atoms with Crippen LogP contribution in [0, 0.1) is 12.3 Å². The Morgan fingerprint density at radius 1 is 1.29 bits per heavy atom. The highest BCUT2D eigenvalue weighted by atomic mass is 79.9. The number of rotatable bonds is 4. The highest BCUT2D eigenvalue weighted by Crippen LogP contribution is 2.66. The van der Waals surface area contributed by atoms with E-state index in [2.05, 4.69) is 37.2 Å². The van der Waals surface area contributed by atoms with Crippen molar-refractivity contribution < 1.29 is 19.1 Å².